The molecular weight excluding hydrogens is 440 g/mol. The van der Waals surface area contributed by atoms with Gasteiger partial charge in [0.2, 0.25) is 5.91 Å². The van der Waals surface area contributed by atoms with Crippen LogP contribution in [0.3, 0.4) is 0 Å². The standard InChI is InChI=1S/C25H32N2O7/c1-11(10-28)6-12-4-5-17(29)19-14(12)7-13-8-16-20(27(2)3)21(30)15(24(26)33)9-25(16,34)23(32)18(13)22(19)31/h4-5,11,13,16,20,28-31,34H,6-10H2,1-3H3,(H2,26,33). The van der Waals surface area contributed by atoms with E-state index in [-0.39, 0.29) is 52.9 Å². The predicted octanol–water partition coefficient (Wildman–Crippen LogP) is 0.956. The summed E-state index contributed by atoms with van der Waals surface area (Å²) in [6.45, 7) is 1.88. The molecule has 0 aromatic heterocycles. The zero-order valence-electron chi connectivity index (χ0n) is 19.6. The number of hydrogen-bond acceptors (Lipinski definition) is 8. The highest BCUT2D eigenvalue weighted by Crippen LogP contribution is 2.53. The van der Waals surface area contributed by atoms with Gasteiger partial charge in [-0.2, -0.15) is 0 Å². The molecule has 1 fully saturated rings. The van der Waals surface area contributed by atoms with E-state index in [9.17, 15) is 35.1 Å². The average Bonchev–Trinajstić information content (AvgIpc) is 2.76. The maximum Gasteiger partial charge on any atom is 0.248 e. The lowest BCUT2D eigenvalue weighted by molar-refractivity contribution is -0.151. The van der Waals surface area contributed by atoms with Crippen LogP contribution in [-0.2, 0) is 22.4 Å². The molecule has 1 aromatic rings. The fourth-order valence-corrected chi connectivity index (χ4v) is 6.03. The third-order valence-corrected chi connectivity index (χ3v) is 7.68. The molecule has 0 saturated heterocycles. The van der Waals surface area contributed by atoms with Crippen LogP contribution < -0.4 is 5.73 Å². The molecule has 4 rings (SSSR count). The maximum absolute atomic E-state index is 13.7. The van der Waals surface area contributed by atoms with E-state index in [0.717, 1.165) is 5.56 Å². The monoisotopic (exact) mass is 472 g/mol. The number of primary amides is 1. The van der Waals surface area contributed by atoms with Gasteiger partial charge < -0.3 is 31.3 Å². The molecular formula is C25H32N2O7. The summed E-state index contributed by atoms with van der Waals surface area (Å²) in [6, 6.07) is 2.40. The van der Waals surface area contributed by atoms with E-state index < -0.39 is 41.6 Å². The highest BCUT2D eigenvalue weighted by atomic mass is 16.3. The van der Waals surface area contributed by atoms with Crippen molar-refractivity contribution in [3.05, 3.63) is 45.7 Å². The molecule has 0 aliphatic heterocycles. The number of carbonyl (C=O) groups excluding carboxylic acids is 2. The molecule has 3 aliphatic rings. The van der Waals surface area contributed by atoms with Crippen LogP contribution >= 0.6 is 0 Å². The second-order valence-electron chi connectivity index (χ2n) is 10.2. The molecule has 9 nitrogen and oxygen atoms in total. The Morgan fingerprint density at radius 3 is 2.53 bits per heavy atom. The number of aliphatic hydroxyl groups is 4. The van der Waals surface area contributed by atoms with E-state index in [0.29, 0.717) is 18.4 Å². The minimum absolute atomic E-state index is 0.0158. The summed E-state index contributed by atoms with van der Waals surface area (Å²) in [5.41, 5.74) is 4.96. The van der Waals surface area contributed by atoms with Crippen LogP contribution in [0.2, 0.25) is 0 Å². The van der Waals surface area contributed by atoms with Gasteiger partial charge in [-0.05, 0) is 62.4 Å². The summed E-state index contributed by atoms with van der Waals surface area (Å²) in [4.78, 5) is 27.4. The number of hydrogen-bond donors (Lipinski definition) is 6. The van der Waals surface area contributed by atoms with Gasteiger partial charge in [0.05, 0.1) is 17.2 Å². The number of benzene rings is 1. The Balaban J connectivity index is 1.87. The van der Waals surface area contributed by atoms with Crippen molar-refractivity contribution in [2.45, 2.75) is 44.2 Å². The number of phenolic OH excluding ortho intramolecular Hbond substituents is 1. The third-order valence-electron chi connectivity index (χ3n) is 7.68. The maximum atomic E-state index is 13.7. The van der Waals surface area contributed by atoms with Crippen molar-refractivity contribution in [1.29, 1.82) is 0 Å². The molecule has 1 amide bonds. The molecule has 0 bridgehead atoms. The summed E-state index contributed by atoms with van der Waals surface area (Å²) in [7, 11) is 3.36. The summed E-state index contributed by atoms with van der Waals surface area (Å²) >= 11 is 0. The van der Waals surface area contributed by atoms with E-state index in [1.807, 2.05) is 6.92 Å². The number of aliphatic hydroxyl groups excluding tert-OH is 3. The van der Waals surface area contributed by atoms with Crippen LogP contribution in [0.5, 0.6) is 5.75 Å². The highest BCUT2D eigenvalue weighted by molar-refractivity contribution is 6.10. The second kappa shape index (κ2) is 8.41. The van der Waals surface area contributed by atoms with Crippen molar-refractivity contribution in [2.24, 2.45) is 23.5 Å². The first-order valence-electron chi connectivity index (χ1n) is 11.5. The molecule has 1 saturated carbocycles. The van der Waals surface area contributed by atoms with E-state index in [2.05, 4.69) is 0 Å². The van der Waals surface area contributed by atoms with Gasteiger partial charge in [0, 0.05) is 24.5 Å². The van der Waals surface area contributed by atoms with Crippen molar-refractivity contribution < 1.29 is 35.1 Å². The molecule has 34 heavy (non-hydrogen) atoms. The fraction of sp³-hybridized carbons (Fsp3) is 0.520. The molecule has 5 unspecified atom stereocenters. The normalized spacial score (nSPS) is 29.6. The number of Topliss-reactive ketones (excluding diaryl/α,β-unsaturated/α-hetero) is 1. The molecule has 3 aliphatic carbocycles. The molecule has 7 N–H and O–H groups in total. The zero-order valence-corrected chi connectivity index (χ0v) is 19.6. The predicted molar refractivity (Wildman–Crippen MR) is 124 cm³/mol. The number of carbonyl (C=O) groups is 2. The van der Waals surface area contributed by atoms with Gasteiger partial charge in [-0.1, -0.05) is 13.0 Å². The van der Waals surface area contributed by atoms with Crippen molar-refractivity contribution in [3.63, 3.8) is 0 Å². The summed E-state index contributed by atoms with van der Waals surface area (Å²) < 4.78 is 0. The van der Waals surface area contributed by atoms with E-state index in [4.69, 9.17) is 5.73 Å². The number of phenols is 1. The number of amides is 1. The molecule has 0 radical (unpaired) electrons. The zero-order chi connectivity index (χ0) is 25.1. The van der Waals surface area contributed by atoms with Gasteiger partial charge in [0.15, 0.2) is 5.78 Å². The Morgan fingerprint density at radius 1 is 1.26 bits per heavy atom. The topological polar surface area (TPSA) is 165 Å². The Morgan fingerprint density at radius 2 is 1.94 bits per heavy atom. The fourth-order valence-electron chi connectivity index (χ4n) is 6.03. The first kappa shape index (κ1) is 24.3. The Hall–Kier alpha value is -2.88. The largest absolute Gasteiger partial charge is 0.510 e. The average molecular weight is 473 g/mol. The third kappa shape index (κ3) is 3.50. The lowest BCUT2D eigenvalue weighted by Gasteiger charge is -2.51. The van der Waals surface area contributed by atoms with Crippen LogP contribution in [0.15, 0.2) is 29.0 Å². The van der Waals surface area contributed by atoms with Crippen LogP contribution in [-0.4, -0.2) is 74.5 Å². The number of nitrogens with zero attached hydrogens (tertiary/aromatic N) is 1. The lowest BCUT2D eigenvalue weighted by atomic mass is 9.57. The second-order valence-corrected chi connectivity index (χ2v) is 10.2. The van der Waals surface area contributed by atoms with Gasteiger partial charge >= 0.3 is 0 Å². The van der Waals surface area contributed by atoms with Crippen molar-refractivity contribution in [2.75, 3.05) is 20.7 Å². The lowest BCUT2D eigenvalue weighted by Crippen LogP contribution is -2.62. The number of aromatic hydroxyl groups is 1. The van der Waals surface area contributed by atoms with E-state index in [1.165, 1.54) is 6.07 Å². The van der Waals surface area contributed by atoms with Gasteiger partial charge in [-0.3, -0.25) is 14.5 Å². The van der Waals surface area contributed by atoms with E-state index in [1.54, 1.807) is 25.1 Å². The Kier molecular flexibility index (Phi) is 6.00. The smallest absolute Gasteiger partial charge is 0.248 e. The highest BCUT2D eigenvalue weighted by Gasteiger charge is 2.60. The SMILES string of the molecule is CC(CO)Cc1ccc(O)c2c1CC1CC3C(N(C)C)C(O)=C(C(N)=O)CC3(O)C(=O)C1=C2O. The van der Waals surface area contributed by atoms with Gasteiger partial charge in [0.25, 0.3) is 0 Å². The summed E-state index contributed by atoms with van der Waals surface area (Å²) in [6.07, 6.45) is 0.701. The van der Waals surface area contributed by atoms with E-state index >= 15 is 0 Å². The molecule has 5 atom stereocenters. The first-order chi connectivity index (χ1) is 15.9. The summed E-state index contributed by atoms with van der Waals surface area (Å²) in [5.74, 6) is -3.67. The minimum Gasteiger partial charge on any atom is -0.510 e. The van der Waals surface area contributed by atoms with Crippen LogP contribution in [0.4, 0.5) is 0 Å². The quantitative estimate of drug-likeness (QED) is 0.369. The van der Waals surface area contributed by atoms with Gasteiger partial charge in [0.1, 0.15) is 22.9 Å². The summed E-state index contributed by atoms with van der Waals surface area (Å²) in [5, 5.41) is 53.7. The van der Waals surface area contributed by atoms with Crippen LogP contribution in [0.1, 0.15) is 36.5 Å². The number of ketones is 1. The number of likely N-dealkylation sites (N-methyl/N-ethyl adjacent to an activating group) is 1. The van der Waals surface area contributed by atoms with Gasteiger partial charge in [-0.25, -0.2) is 0 Å². The van der Waals surface area contributed by atoms with Crippen molar-refractivity contribution in [1.82, 2.24) is 4.90 Å². The first-order valence-corrected chi connectivity index (χ1v) is 11.5. The molecule has 0 spiro atoms. The molecule has 0 heterocycles. The number of fused-ring (bicyclic) bond motifs is 3. The molecule has 1 aromatic carbocycles. The van der Waals surface area contributed by atoms with Crippen LogP contribution in [0.25, 0.3) is 5.76 Å². The Bertz CT molecular complexity index is 1120. The Labute approximate surface area is 197 Å². The minimum atomic E-state index is -2.04. The number of nitrogens with two attached hydrogens (primary N) is 1. The van der Waals surface area contributed by atoms with Gasteiger partial charge in [-0.15, -0.1) is 0 Å². The van der Waals surface area contributed by atoms with Crippen LogP contribution in [0, 0.1) is 17.8 Å². The molecule has 9 heteroatoms. The number of rotatable bonds is 5. The van der Waals surface area contributed by atoms with Crippen molar-refractivity contribution >= 4 is 17.4 Å². The van der Waals surface area contributed by atoms with Crippen molar-refractivity contribution in [3.8, 4) is 5.75 Å². The molecule has 184 valence electrons.